The van der Waals surface area contributed by atoms with Crippen LogP contribution in [-0.2, 0) is 11.0 Å². The van der Waals surface area contributed by atoms with Crippen molar-refractivity contribution in [2.75, 3.05) is 11.2 Å². The molecule has 0 fully saturated rings. The second kappa shape index (κ2) is 9.17. The van der Waals surface area contributed by atoms with E-state index in [0.717, 1.165) is 29.6 Å². The maximum atomic E-state index is 13.3. The predicted octanol–water partition coefficient (Wildman–Crippen LogP) is 5.70. The van der Waals surface area contributed by atoms with Gasteiger partial charge in [0, 0.05) is 34.6 Å². The van der Waals surface area contributed by atoms with Crippen LogP contribution in [0.2, 0.25) is 0 Å². The minimum Gasteiger partial charge on any atom is -0.338 e. The number of carbonyl (C=O) groups excluding carboxylic acids is 1. The number of nitrogens with one attached hydrogen (secondary N) is 1. The van der Waals surface area contributed by atoms with Gasteiger partial charge in [-0.25, -0.2) is 4.98 Å². The van der Waals surface area contributed by atoms with Crippen LogP contribution in [-0.4, -0.2) is 20.6 Å². The Labute approximate surface area is 196 Å². The zero-order valence-electron chi connectivity index (χ0n) is 19.4. The molecule has 1 aromatic carbocycles. The number of anilines is 1. The van der Waals surface area contributed by atoms with Gasteiger partial charge in [-0.15, -0.1) is 0 Å². The molecule has 1 amide bonds. The molecule has 0 radical (unpaired) electrons. The van der Waals surface area contributed by atoms with Crippen LogP contribution in [0.1, 0.15) is 43.3 Å². The maximum absolute atomic E-state index is 13.3. The largest absolute Gasteiger partial charge is 0.417 e. The van der Waals surface area contributed by atoms with Crippen molar-refractivity contribution in [2.45, 2.75) is 33.9 Å². The van der Waals surface area contributed by atoms with E-state index in [4.69, 9.17) is 5.84 Å². The average Bonchev–Trinajstić information content (AvgIpc) is 3.12. The number of aryl methyl sites for hydroxylation is 1. The fourth-order valence-electron chi connectivity index (χ4n) is 3.06. The SMILES string of the molecule is C=C(/C=C\c1nc(-c2ccc(C)c(NC(=O)C(C)(C)C)c2)cn1N)c1cnccc1C(F)(F)F. The van der Waals surface area contributed by atoms with Gasteiger partial charge in [0.1, 0.15) is 0 Å². The molecular formula is C25H26F3N5O. The number of halogens is 3. The monoisotopic (exact) mass is 469 g/mol. The van der Waals surface area contributed by atoms with Crippen LogP contribution in [0.4, 0.5) is 18.9 Å². The van der Waals surface area contributed by atoms with Gasteiger partial charge in [0.2, 0.25) is 5.91 Å². The summed E-state index contributed by atoms with van der Waals surface area (Å²) in [5, 5.41) is 2.93. The molecular weight excluding hydrogens is 443 g/mol. The molecule has 2 aromatic heterocycles. The molecule has 0 saturated heterocycles. The summed E-state index contributed by atoms with van der Waals surface area (Å²) in [6.07, 6.45) is 2.16. The highest BCUT2D eigenvalue weighted by Gasteiger charge is 2.33. The summed E-state index contributed by atoms with van der Waals surface area (Å²) in [6, 6.07) is 6.42. The van der Waals surface area contributed by atoms with Crippen LogP contribution in [0.25, 0.3) is 22.9 Å². The standard InChI is InChI=1S/C25H26F3N5O/c1-15(18-13-30-11-10-19(18)25(26,27)28)7-9-22-31-21(14-33(22)29)17-8-6-16(2)20(12-17)32-23(34)24(3,4)5/h6-14H,1,29H2,2-5H3,(H,32,34)/b9-7-. The van der Waals surface area contributed by atoms with Gasteiger partial charge in [0.05, 0.1) is 17.5 Å². The number of alkyl halides is 3. The molecule has 0 spiro atoms. The summed E-state index contributed by atoms with van der Waals surface area (Å²) in [7, 11) is 0. The van der Waals surface area contributed by atoms with Crippen molar-refractivity contribution in [2.24, 2.45) is 5.41 Å². The van der Waals surface area contributed by atoms with Crippen LogP contribution < -0.4 is 11.2 Å². The molecule has 0 aliphatic rings. The first-order valence-electron chi connectivity index (χ1n) is 10.4. The average molecular weight is 470 g/mol. The maximum Gasteiger partial charge on any atom is 0.417 e. The number of nitrogens with two attached hydrogens (primary N) is 1. The van der Waals surface area contributed by atoms with Crippen LogP contribution in [0.15, 0.2) is 55.5 Å². The number of allylic oxidation sites excluding steroid dienone is 2. The van der Waals surface area contributed by atoms with Crippen molar-refractivity contribution in [3.05, 3.63) is 78.0 Å². The fourth-order valence-corrected chi connectivity index (χ4v) is 3.06. The van der Waals surface area contributed by atoms with Crippen LogP contribution in [0.5, 0.6) is 0 Å². The van der Waals surface area contributed by atoms with Crippen molar-refractivity contribution < 1.29 is 18.0 Å². The number of hydrogen-bond acceptors (Lipinski definition) is 4. The Hall–Kier alpha value is -3.88. The first-order valence-corrected chi connectivity index (χ1v) is 10.4. The second-order valence-corrected chi connectivity index (χ2v) is 8.90. The van der Waals surface area contributed by atoms with E-state index in [1.807, 2.05) is 39.8 Å². The Morgan fingerprint density at radius 2 is 1.91 bits per heavy atom. The normalized spacial score (nSPS) is 12.2. The number of benzene rings is 1. The smallest absolute Gasteiger partial charge is 0.338 e. The summed E-state index contributed by atoms with van der Waals surface area (Å²) in [4.78, 5) is 20.7. The Balaban J connectivity index is 1.87. The zero-order chi connectivity index (χ0) is 25.3. The third-order valence-electron chi connectivity index (χ3n) is 5.13. The van der Waals surface area contributed by atoms with Crippen LogP contribution >= 0.6 is 0 Å². The lowest BCUT2D eigenvalue weighted by Crippen LogP contribution is -2.27. The summed E-state index contributed by atoms with van der Waals surface area (Å²) in [5.41, 5.74) is 1.43. The number of nitrogen functional groups attached to an aromatic ring is 1. The Bertz CT molecular complexity index is 1270. The number of rotatable bonds is 5. The van der Waals surface area contributed by atoms with E-state index < -0.39 is 17.2 Å². The first-order chi connectivity index (χ1) is 15.8. The van der Waals surface area contributed by atoms with Crippen molar-refractivity contribution in [3.8, 4) is 11.3 Å². The van der Waals surface area contributed by atoms with E-state index >= 15 is 0 Å². The lowest BCUT2D eigenvalue weighted by molar-refractivity contribution is -0.137. The van der Waals surface area contributed by atoms with Crippen LogP contribution in [0.3, 0.4) is 0 Å². The van der Waals surface area contributed by atoms with E-state index in [2.05, 4.69) is 21.9 Å². The highest BCUT2D eigenvalue weighted by atomic mass is 19.4. The third kappa shape index (κ3) is 5.54. The molecule has 0 bridgehead atoms. The number of amides is 1. The van der Waals surface area contributed by atoms with Gasteiger partial charge >= 0.3 is 6.18 Å². The number of nitrogens with zero attached hydrogens (tertiary/aromatic N) is 3. The number of hydrogen-bond donors (Lipinski definition) is 2. The molecule has 2 heterocycles. The molecule has 0 aliphatic carbocycles. The fraction of sp³-hybridized carbons (Fsp3) is 0.240. The molecule has 6 nitrogen and oxygen atoms in total. The topological polar surface area (TPSA) is 85.8 Å². The minimum atomic E-state index is -4.53. The molecule has 3 N–H and O–H groups in total. The van der Waals surface area contributed by atoms with E-state index in [0.29, 0.717) is 17.2 Å². The molecule has 0 unspecified atom stereocenters. The van der Waals surface area contributed by atoms with E-state index in [1.165, 1.54) is 16.8 Å². The van der Waals surface area contributed by atoms with Gasteiger partial charge in [0.25, 0.3) is 0 Å². The molecule has 3 rings (SSSR count). The minimum absolute atomic E-state index is 0.118. The zero-order valence-corrected chi connectivity index (χ0v) is 19.4. The molecule has 0 atom stereocenters. The second-order valence-electron chi connectivity index (χ2n) is 8.90. The van der Waals surface area contributed by atoms with Crippen molar-refractivity contribution in [3.63, 3.8) is 0 Å². The molecule has 178 valence electrons. The van der Waals surface area contributed by atoms with Gasteiger partial charge in [-0.2, -0.15) is 13.2 Å². The molecule has 34 heavy (non-hydrogen) atoms. The molecule has 3 aromatic rings. The molecule has 9 heteroatoms. The Morgan fingerprint density at radius 1 is 1.21 bits per heavy atom. The van der Waals surface area contributed by atoms with Gasteiger partial charge in [-0.3, -0.25) is 14.5 Å². The van der Waals surface area contributed by atoms with Crippen LogP contribution in [0, 0.1) is 12.3 Å². The Morgan fingerprint density at radius 3 is 2.56 bits per heavy atom. The number of pyridine rings is 1. The number of carbonyl (C=O) groups is 1. The predicted molar refractivity (Wildman–Crippen MR) is 128 cm³/mol. The third-order valence-corrected chi connectivity index (χ3v) is 5.13. The van der Waals surface area contributed by atoms with Crippen molar-refractivity contribution in [1.29, 1.82) is 0 Å². The first kappa shape index (κ1) is 24.8. The molecule has 0 saturated carbocycles. The van der Waals surface area contributed by atoms with E-state index in [9.17, 15) is 18.0 Å². The van der Waals surface area contributed by atoms with Crippen molar-refractivity contribution in [1.82, 2.24) is 14.6 Å². The summed E-state index contributed by atoms with van der Waals surface area (Å²) < 4.78 is 41.1. The summed E-state index contributed by atoms with van der Waals surface area (Å²) in [5.74, 6) is 6.22. The van der Waals surface area contributed by atoms with Gasteiger partial charge < -0.3 is 11.2 Å². The summed E-state index contributed by atoms with van der Waals surface area (Å²) in [6.45, 7) is 11.1. The lowest BCUT2D eigenvalue weighted by atomic mass is 9.95. The number of aromatic nitrogens is 3. The highest BCUT2D eigenvalue weighted by molar-refractivity contribution is 5.95. The van der Waals surface area contributed by atoms with Gasteiger partial charge in [0.15, 0.2) is 5.82 Å². The van der Waals surface area contributed by atoms with E-state index in [1.54, 1.807) is 12.3 Å². The molecule has 0 aliphatic heterocycles. The van der Waals surface area contributed by atoms with Crippen molar-refractivity contribution >= 4 is 23.2 Å². The quantitative estimate of drug-likeness (QED) is 0.371. The van der Waals surface area contributed by atoms with E-state index in [-0.39, 0.29) is 17.0 Å². The number of imidazole rings is 1. The summed E-state index contributed by atoms with van der Waals surface area (Å²) >= 11 is 0. The van der Waals surface area contributed by atoms with Gasteiger partial charge in [-0.1, -0.05) is 45.6 Å². The highest BCUT2D eigenvalue weighted by Crippen LogP contribution is 2.34. The van der Waals surface area contributed by atoms with Gasteiger partial charge in [-0.05, 0) is 36.3 Å². The lowest BCUT2D eigenvalue weighted by Gasteiger charge is -2.19. The Kier molecular flexibility index (Phi) is 6.67.